The van der Waals surface area contributed by atoms with Crippen molar-refractivity contribution in [1.29, 1.82) is 0 Å². The molecule has 2 aromatic carbocycles. The van der Waals surface area contributed by atoms with Crippen molar-refractivity contribution in [3.63, 3.8) is 0 Å². The second-order valence-electron chi connectivity index (χ2n) is 7.63. The van der Waals surface area contributed by atoms with Crippen LogP contribution < -0.4 is 24.4 Å². The van der Waals surface area contributed by atoms with Gasteiger partial charge in [0.1, 0.15) is 5.82 Å². The number of rotatable bonds is 5. The Hall–Kier alpha value is -4.05. The highest BCUT2D eigenvalue weighted by molar-refractivity contribution is 7.07. The average Bonchev–Trinajstić information content (AvgIpc) is 3.13. The topological polar surface area (TPSA) is 96.2 Å². The predicted octanol–water partition coefficient (Wildman–Crippen LogP) is 2.48. The first-order valence-electron chi connectivity index (χ1n) is 10.5. The van der Waals surface area contributed by atoms with Crippen LogP contribution in [0.15, 0.2) is 63.5 Å². The summed E-state index contributed by atoms with van der Waals surface area (Å²) in [5.41, 5.74) is 1.39. The molecule has 10 heteroatoms. The van der Waals surface area contributed by atoms with E-state index in [0.29, 0.717) is 26.2 Å². The molecule has 1 aliphatic rings. The monoisotopic (exact) mass is 496 g/mol. The lowest BCUT2D eigenvalue weighted by atomic mass is 9.95. The lowest BCUT2D eigenvalue weighted by molar-refractivity contribution is -0.136. The largest absolute Gasteiger partial charge is 0.493 e. The fraction of sp³-hybridized carbons (Fsp3) is 0.200. The molecule has 2 heterocycles. The number of esters is 2. The Balaban J connectivity index is 1.95. The minimum absolute atomic E-state index is 0.190. The van der Waals surface area contributed by atoms with Gasteiger partial charge in [0.15, 0.2) is 16.3 Å². The van der Waals surface area contributed by atoms with E-state index < -0.39 is 18.0 Å². The van der Waals surface area contributed by atoms with Gasteiger partial charge in [0.05, 0.1) is 36.1 Å². The standard InChI is InChI=1S/C25H21FN2O6S/c1-13-21(24(31)33-4)22(16-7-10-18(34-14(2)29)19(12-16)32-3)28-23(30)20(35-25(28)27-13)11-15-5-8-17(26)9-6-15/h5-12,22H,1-4H3/b20-11-. The summed E-state index contributed by atoms with van der Waals surface area (Å²) in [5, 5.41) is 0. The normalized spacial score (nSPS) is 15.3. The number of ether oxygens (including phenoxy) is 3. The Morgan fingerprint density at radius 1 is 1.11 bits per heavy atom. The van der Waals surface area contributed by atoms with Gasteiger partial charge in [-0.05, 0) is 48.4 Å². The number of carbonyl (C=O) groups excluding carboxylic acids is 2. The Morgan fingerprint density at radius 2 is 1.83 bits per heavy atom. The van der Waals surface area contributed by atoms with E-state index >= 15 is 0 Å². The summed E-state index contributed by atoms with van der Waals surface area (Å²) in [6.07, 6.45) is 1.64. The number of halogens is 1. The number of fused-ring (bicyclic) bond motifs is 1. The zero-order chi connectivity index (χ0) is 25.3. The fourth-order valence-electron chi connectivity index (χ4n) is 3.81. The molecule has 0 bridgehead atoms. The molecule has 1 atom stereocenters. The van der Waals surface area contributed by atoms with E-state index in [-0.39, 0.29) is 28.4 Å². The maximum absolute atomic E-state index is 13.5. The van der Waals surface area contributed by atoms with E-state index in [1.807, 2.05) is 0 Å². The summed E-state index contributed by atoms with van der Waals surface area (Å²) in [4.78, 5) is 42.6. The van der Waals surface area contributed by atoms with Crippen LogP contribution in [0.5, 0.6) is 11.5 Å². The zero-order valence-corrected chi connectivity index (χ0v) is 20.1. The van der Waals surface area contributed by atoms with Gasteiger partial charge in [-0.15, -0.1) is 0 Å². The third-order valence-corrected chi connectivity index (χ3v) is 6.33. The minimum Gasteiger partial charge on any atom is -0.493 e. The summed E-state index contributed by atoms with van der Waals surface area (Å²) in [5.74, 6) is -1.08. The molecule has 1 unspecified atom stereocenters. The molecule has 0 amide bonds. The quantitative estimate of drug-likeness (QED) is 0.398. The molecule has 8 nitrogen and oxygen atoms in total. The van der Waals surface area contributed by atoms with Gasteiger partial charge in [-0.3, -0.25) is 14.2 Å². The van der Waals surface area contributed by atoms with Crippen LogP contribution in [-0.2, 0) is 14.3 Å². The van der Waals surface area contributed by atoms with Crippen molar-refractivity contribution in [2.75, 3.05) is 14.2 Å². The SMILES string of the molecule is COC(=O)C1=C(C)N=c2s/c(=C\c3ccc(F)cc3)c(=O)n2C1c1ccc(OC(C)=O)c(OC)c1. The molecule has 1 aromatic heterocycles. The van der Waals surface area contributed by atoms with Crippen LogP contribution in [-0.4, -0.2) is 30.7 Å². The van der Waals surface area contributed by atoms with Crippen LogP contribution in [0.25, 0.3) is 6.08 Å². The van der Waals surface area contributed by atoms with Gasteiger partial charge >= 0.3 is 11.9 Å². The van der Waals surface area contributed by atoms with E-state index in [2.05, 4.69) is 4.99 Å². The van der Waals surface area contributed by atoms with Crippen LogP contribution in [0.1, 0.15) is 31.0 Å². The Kier molecular flexibility index (Phi) is 6.65. The number of aromatic nitrogens is 1. The fourth-order valence-corrected chi connectivity index (χ4v) is 4.86. The third-order valence-electron chi connectivity index (χ3n) is 5.35. The molecular formula is C25H21FN2O6S. The highest BCUT2D eigenvalue weighted by Crippen LogP contribution is 2.36. The van der Waals surface area contributed by atoms with E-state index in [9.17, 15) is 18.8 Å². The number of thiazole rings is 1. The number of benzene rings is 2. The Morgan fingerprint density at radius 3 is 2.46 bits per heavy atom. The summed E-state index contributed by atoms with van der Waals surface area (Å²) in [6.45, 7) is 2.94. The molecule has 0 radical (unpaired) electrons. The van der Waals surface area contributed by atoms with E-state index in [4.69, 9.17) is 14.2 Å². The summed E-state index contributed by atoms with van der Waals surface area (Å²) < 4.78 is 30.7. The summed E-state index contributed by atoms with van der Waals surface area (Å²) >= 11 is 1.15. The van der Waals surface area contributed by atoms with Crippen LogP contribution in [0.3, 0.4) is 0 Å². The second kappa shape index (κ2) is 9.67. The molecule has 0 N–H and O–H groups in total. The lowest BCUT2D eigenvalue weighted by Gasteiger charge is -2.25. The smallest absolute Gasteiger partial charge is 0.338 e. The van der Waals surface area contributed by atoms with Crippen molar-refractivity contribution in [3.05, 3.63) is 90.4 Å². The minimum atomic E-state index is -0.866. The first-order valence-corrected chi connectivity index (χ1v) is 11.3. The zero-order valence-electron chi connectivity index (χ0n) is 19.3. The van der Waals surface area contributed by atoms with Gasteiger partial charge in [-0.1, -0.05) is 29.5 Å². The van der Waals surface area contributed by atoms with E-state index in [1.54, 1.807) is 37.3 Å². The lowest BCUT2D eigenvalue weighted by Crippen LogP contribution is -2.39. The predicted molar refractivity (Wildman–Crippen MR) is 126 cm³/mol. The van der Waals surface area contributed by atoms with Crippen LogP contribution in [0, 0.1) is 5.82 Å². The maximum Gasteiger partial charge on any atom is 0.338 e. The molecule has 4 rings (SSSR count). The van der Waals surface area contributed by atoms with Gasteiger partial charge < -0.3 is 14.2 Å². The van der Waals surface area contributed by atoms with Crippen LogP contribution in [0.2, 0.25) is 0 Å². The molecule has 3 aromatic rings. The molecule has 0 saturated carbocycles. The third kappa shape index (κ3) is 4.65. The molecule has 0 aliphatic carbocycles. The van der Waals surface area contributed by atoms with Gasteiger partial charge in [0, 0.05) is 6.92 Å². The van der Waals surface area contributed by atoms with Crippen molar-refractivity contribution in [1.82, 2.24) is 4.57 Å². The molecule has 0 spiro atoms. The average molecular weight is 497 g/mol. The van der Waals surface area contributed by atoms with Crippen LogP contribution in [0.4, 0.5) is 4.39 Å². The van der Waals surface area contributed by atoms with Gasteiger partial charge in [-0.25, -0.2) is 14.2 Å². The molecule has 1 aliphatic heterocycles. The van der Waals surface area contributed by atoms with Crippen LogP contribution >= 0.6 is 11.3 Å². The van der Waals surface area contributed by atoms with Crippen molar-refractivity contribution in [2.24, 2.45) is 4.99 Å². The number of carbonyl (C=O) groups is 2. The second-order valence-corrected chi connectivity index (χ2v) is 8.64. The number of allylic oxidation sites excluding steroid dienone is 1. The van der Waals surface area contributed by atoms with E-state index in [1.165, 1.54) is 43.9 Å². The van der Waals surface area contributed by atoms with Gasteiger partial charge in [0.25, 0.3) is 5.56 Å². The maximum atomic E-state index is 13.5. The number of methoxy groups -OCH3 is 2. The van der Waals surface area contributed by atoms with Gasteiger partial charge in [-0.2, -0.15) is 0 Å². The van der Waals surface area contributed by atoms with Crippen molar-refractivity contribution in [2.45, 2.75) is 19.9 Å². The van der Waals surface area contributed by atoms with E-state index in [0.717, 1.165) is 11.3 Å². The molecular weight excluding hydrogens is 475 g/mol. The first kappa shape index (κ1) is 24.1. The summed E-state index contributed by atoms with van der Waals surface area (Å²) in [7, 11) is 2.67. The van der Waals surface area contributed by atoms with Crippen molar-refractivity contribution < 1.29 is 28.2 Å². The summed E-state index contributed by atoms with van der Waals surface area (Å²) in [6, 6.07) is 9.66. The first-order chi connectivity index (χ1) is 16.7. The van der Waals surface area contributed by atoms with Gasteiger partial charge in [0.2, 0.25) is 0 Å². The molecule has 35 heavy (non-hydrogen) atoms. The number of hydrogen-bond acceptors (Lipinski definition) is 8. The Labute approximate surface area is 203 Å². The van der Waals surface area contributed by atoms with Crippen molar-refractivity contribution >= 4 is 29.4 Å². The molecule has 0 saturated heterocycles. The highest BCUT2D eigenvalue weighted by atomic mass is 32.1. The number of hydrogen-bond donors (Lipinski definition) is 0. The molecule has 0 fully saturated rings. The van der Waals surface area contributed by atoms with Crippen molar-refractivity contribution in [3.8, 4) is 11.5 Å². The number of nitrogens with zero attached hydrogens (tertiary/aromatic N) is 2. The molecule has 180 valence electrons. The highest BCUT2D eigenvalue weighted by Gasteiger charge is 2.33. The Bertz CT molecular complexity index is 1540.